The van der Waals surface area contributed by atoms with Crippen LogP contribution in [0, 0.1) is 5.92 Å². The van der Waals surface area contributed by atoms with Crippen molar-refractivity contribution in [3.63, 3.8) is 0 Å². The number of hydrogen-bond donors (Lipinski definition) is 0. The zero-order valence-corrected chi connectivity index (χ0v) is 10.3. The normalized spacial score (nSPS) is 26.2. The summed E-state index contributed by atoms with van der Waals surface area (Å²) in [6.45, 7) is 2.56. The molecule has 1 aromatic carbocycles. The van der Waals surface area contributed by atoms with Crippen molar-refractivity contribution in [2.45, 2.75) is 17.2 Å². The van der Waals surface area contributed by atoms with Crippen molar-refractivity contribution in [3.8, 4) is 5.75 Å². The van der Waals surface area contributed by atoms with Gasteiger partial charge in [-0.2, -0.15) is 0 Å². The standard InChI is InChI=1S/C12H12Cl2O2/c1-2-16-9-5-3-8(4-6-9)11-10(7-15)12(11,13)14/h3-7,10-11H,2H2,1H3. The van der Waals surface area contributed by atoms with Crippen LogP contribution in [0.1, 0.15) is 18.4 Å². The van der Waals surface area contributed by atoms with E-state index in [0.717, 1.165) is 17.6 Å². The monoisotopic (exact) mass is 258 g/mol. The first-order chi connectivity index (χ1) is 7.61. The summed E-state index contributed by atoms with van der Waals surface area (Å²) >= 11 is 12.0. The SMILES string of the molecule is CCOc1ccc(C2C(C=O)C2(Cl)Cl)cc1. The molecule has 1 aromatic rings. The van der Waals surface area contributed by atoms with Gasteiger partial charge >= 0.3 is 0 Å². The van der Waals surface area contributed by atoms with Crippen LogP contribution in [-0.2, 0) is 4.79 Å². The number of carbonyl (C=O) groups is 1. The maximum absolute atomic E-state index is 10.7. The highest BCUT2D eigenvalue weighted by Gasteiger charge is 2.63. The highest BCUT2D eigenvalue weighted by molar-refractivity contribution is 6.53. The molecule has 1 saturated carbocycles. The number of rotatable bonds is 4. The Morgan fingerprint density at radius 2 is 2.00 bits per heavy atom. The van der Waals surface area contributed by atoms with Gasteiger partial charge in [0.2, 0.25) is 0 Å². The quantitative estimate of drug-likeness (QED) is 0.613. The van der Waals surface area contributed by atoms with Gasteiger partial charge in [0.05, 0.1) is 12.5 Å². The van der Waals surface area contributed by atoms with Crippen LogP contribution in [0.4, 0.5) is 0 Å². The van der Waals surface area contributed by atoms with Crippen molar-refractivity contribution in [2.75, 3.05) is 6.61 Å². The van der Waals surface area contributed by atoms with Crippen molar-refractivity contribution in [1.29, 1.82) is 0 Å². The van der Waals surface area contributed by atoms with Crippen LogP contribution < -0.4 is 4.74 Å². The molecule has 2 rings (SSSR count). The first kappa shape index (κ1) is 11.7. The predicted molar refractivity (Wildman–Crippen MR) is 64.3 cm³/mol. The van der Waals surface area contributed by atoms with E-state index in [9.17, 15) is 4.79 Å². The Balaban J connectivity index is 2.15. The fraction of sp³-hybridized carbons (Fsp3) is 0.417. The van der Waals surface area contributed by atoms with Gasteiger partial charge in [-0.05, 0) is 24.6 Å². The molecule has 0 N–H and O–H groups in total. The van der Waals surface area contributed by atoms with Gasteiger partial charge in [0.25, 0.3) is 0 Å². The summed E-state index contributed by atoms with van der Waals surface area (Å²) in [4.78, 5) is 10.7. The number of alkyl halides is 2. The van der Waals surface area contributed by atoms with Crippen LogP contribution in [0.2, 0.25) is 0 Å². The first-order valence-corrected chi connectivity index (χ1v) is 5.92. The summed E-state index contributed by atoms with van der Waals surface area (Å²) < 4.78 is 4.39. The summed E-state index contributed by atoms with van der Waals surface area (Å²) in [6.07, 6.45) is 0.821. The van der Waals surface area contributed by atoms with E-state index in [-0.39, 0.29) is 11.8 Å². The number of ether oxygens (including phenoxy) is 1. The van der Waals surface area contributed by atoms with Gasteiger partial charge in [0, 0.05) is 5.92 Å². The van der Waals surface area contributed by atoms with Gasteiger partial charge in [0.1, 0.15) is 16.4 Å². The molecule has 1 aliphatic rings. The predicted octanol–water partition coefficient (Wildman–Crippen LogP) is 3.17. The average molecular weight is 259 g/mol. The molecule has 0 aliphatic heterocycles. The van der Waals surface area contributed by atoms with Gasteiger partial charge < -0.3 is 9.53 Å². The molecule has 0 radical (unpaired) electrons. The summed E-state index contributed by atoms with van der Waals surface area (Å²) in [6, 6.07) is 7.53. The Morgan fingerprint density at radius 3 is 2.44 bits per heavy atom. The van der Waals surface area contributed by atoms with Gasteiger partial charge in [0.15, 0.2) is 0 Å². The largest absolute Gasteiger partial charge is 0.494 e. The molecule has 2 atom stereocenters. The molecule has 1 aliphatic carbocycles. The van der Waals surface area contributed by atoms with E-state index in [0.29, 0.717) is 6.61 Å². The zero-order valence-electron chi connectivity index (χ0n) is 8.82. The lowest BCUT2D eigenvalue weighted by molar-refractivity contribution is -0.108. The highest BCUT2D eigenvalue weighted by Crippen LogP contribution is 2.63. The fourth-order valence-electron chi connectivity index (χ4n) is 1.89. The van der Waals surface area contributed by atoms with E-state index < -0.39 is 4.33 Å². The average Bonchev–Trinajstić information content (AvgIpc) is 2.82. The number of hydrogen-bond acceptors (Lipinski definition) is 2. The lowest BCUT2D eigenvalue weighted by Crippen LogP contribution is -1.93. The zero-order chi connectivity index (χ0) is 11.8. The van der Waals surface area contributed by atoms with Gasteiger partial charge in [-0.1, -0.05) is 12.1 Å². The lowest BCUT2D eigenvalue weighted by atomic mass is 10.1. The highest BCUT2D eigenvalue weighted by atomic mass is 35.5. The Kier molecular flexibility index (Phi) is 3.13. The number of carbonyl (C=O) groups excluding carboxylic acids is 1. The lowest BCUT2D eigenvalue weighted by Gasteiger charge is -2.04. The Labute approximate surface area is 104 Å². The fourth-order valence-corrected chi connectivity index (χ4v) is 2.64. The summed E-state index contributed by atoms with van der Waals surface area (Å²) in [5.41, 5.74) is 0.977. The summed E-state index contributed by atoms with van der Waals surface area (Å²) in [5, 5.41) is 0. The molecule has 4 heteroatoms. The number of aldehydes is 1. The molecule has 0 aromatic heterocycles. The number of halogens is 2. The molecule has 2 nitrogen and oxygen atoms in total. The van der Waals surface area contributed by atoms with Crippen LogP contribution in [0.25, 0.3) is 0 Å². The third kappa shape index (κ3) is 1.92. The Morgan fingerprint density at radius 1 is 1.38 bits per heavy atom. The maximum atomic E-state index is 10.7. The molecule has 0 bridgehead atoms. The molecule has 86 valence electrons. The Bertz CT molecular complexity index is 387. The maximum Gasteiger partial charge on any atom is 0.136 e. The molecule has 0 amide bonds. The molecule has 1 fully saturated rings. The minimum Gasteiger partial charge on any atom is -0.494 e. The van der Waals surface area contributed by atoms with Crippen molar-refractivity contribution < 1.29 is 9.53 Å². The van der Waals surface area contributed by atoms with E-state index in [4.69, 9.17) is 27.9 Å². The van der Waals surface area contributed by atoms with E-state index >= 15 is 0 Å². The van der Waals surface area contributed by atoms with Gasteiger partial charge in [-0.25, -0.2) is 0 Å². The third-order valence-electron chi connectivity index (χ3n) is 2.81. The van der Waals surface area contributed by atoms with E-state index in [1.54, 1.807) is 0 Å². The van der Waals surface area contributed by atoms with Crippen molar-refractivity contribution in [1.82, 2.24) is 0 Å². The van der Waals surface area contributed by atoms with E-state index in [2.05, 4.69) is 0 Å². The second-order valence-electron chi connectivity index (χ2n) is 3.82. The number of benzene rings is 1. The van der Waals surface area contributed by atoms with Crippen LogP contribution >= 0.6 is 23.2 Å². The smallest absolute Gasteiger partial charge is 0.136 e. The summed E-state index contributed by atoms with van der Waals surface area (Å²) in [5.74, 6) is 0.419. The molecule has 16 heavy (non-hydrogen) atoms. The second kappa shape index (κ2) is 4.27. The molecule has 0 saturated heterocycles. The van der Waals surface area contributed by atoms with Gasteiger partial charge in [-0.3, -0.25) is 0 Å². The molecule has 0 heterocycles. The molecular formula is C12H12Cl2O2. The van der Waals surface area contributed by atoms with Gasteiger partial charge in [-0.15, -0.1) is 23.2 Å². The van der Waals surface area contributed by atoms with Crippen molar-refractivity contribution in [2.24, 2.45) is 5.92 Å². The molecular weight excluding hydrogens is 247 g/mol. The van der Waals surface area contributed by atoms with E-state index in [1.807, 2.05) is 31.2 Å². The first-order valence-electron chi connectivity index (χ1n) is 5.17. The van der Waals surface area contributed by atoms with Crippen LogP contribution in [0.5, 0.6) is 5.75 Å². The topological polar surface area (TPSA) is 26.3 Å². The minimum absolute atomic E-state index is 0.0935. The van der Waals surface area contributed by atoms with Crippen molar-refractivity contribution in [3.05, 3.63) is 29.8 Å². The molecule has 0 spiro atoms. The van der Waals surface area contributed by atoms with Crippen LogP contribution in [-0.4, -0.2) is 17.2 Å². The van der Waals surface area contributed by atoms with E-state index in [1.165, 1.54) is 0 Å². The summed E-state index contributed by atoms with van der Waals surface area (Å²) in [7, 11) is 0. The van der Waals surface area contributed by atoms with Crippen LogP contribution in [0.3, 0.4) is 0 Å². The Hall–Kier alpha value is -0.730. The third-order valence-corrected chi connectivity index (χ3v) is 3.78. The minimum atomic E-state index is -0.936. The van der Waals surface area contributed by atoms with Crippen LogP contribution in [0.15, 0.2) is 24.3 Å². The second-order valence-corrected chi connectivity index (χ2v) is 5.26. The van der Waals surface area contributed by atoms with Crippen molar-refractivity contribution >= 4 is 29.5 Å². The molecule has 2 unspecified atom stereocenters.